The molecule has 0 aromatic heterocycles. The van der Waals surface area contributed by atoms with Gasteiger partial charge in [0.05, 0.1) is 5.56 Å². The molecule has 0 amide bonds. The number of benzene rings is 1. The molecule has 7 heteroatoms. The topological polar surface area (TPSA) is 58.3 Å². The Morgan fingerprint density at radius 2 is 2.00 bits per heavy atom. The highest BCUT2D eigenvalue weighted by Gasteiger charge is 2.34. The van der Waals surface area contributed by atoms with E-state index in [9.17, 15) is 17.6 Å². The number of hydrogen-bond acceptors (Lipinski definition) is 3. The fourth-order valence-electron chi connectivity index (χ4n) is 2.10. The Hall–Kier alpha value is -1.18. The van der Waals surface area contributed by atoms with Crippen LogP contribution in [0.5, 0.6) is 0 Å². The van der Waals surface area contributed by atoms with E-state index >= 15 is 0 Å². The van der Waals surface area contributed by atoms with E-state index in [-0.39, 0.29) is 19.2 Å². The van der Waals surface area contributed by atoms with Crippen molar-refractivity contribution in [3.63, 3.8) is 0 Å². The third-order valence-electron chi connectivity index (χ3n) is 3.21. The number of alkyl halides is 3. The van der Waals surface area contributed by atoms with Gasteiger partial charge in [0.1, 0.15) is 5.82 Å². The van der Waals surface area contributed by atoms with Gasteiger partial charge in [-0.15, -0.1) is 0 Å². The van der Waals surface area contributed by atoms with Crippen molar-refractivity contribution >= 4 is 0 Å². The quantitative estimate of drug-likeness (QED) is 0.679. The average molecular weight is 308 g/mol. The molecule has 120 valence electrons. The van der Waals surface area contributed by atoms with Gasteiger partial charge in [-0.05, 0) is 37.5 Å². The van der Waals surface area contributed by atoms with Gasteiger partial charge < -0.3 is 16.2 Å². The number of hydrogen-bond donors (Lipinski definition) is 3. The predicted octanol–water partition coefficient (Wildman–Crippen LogP) is 2.59. The zero-order valence-corrected chi connectivity index (χ0v) is 11.8. The summed E-state index contributed by atoms with van der Waals surface area (Å²) in [6.45, 7) is 1.99. The molecule has 0 saturated carbocycles. The van der Waals surface area contributed by atoms with Crippen molar-refractivity contribution in [1.82, 2.24) is 5.32 Å². The van der Waals surface area contributed by atoms with E-state index in [4.69, 9.17) is 10.8 Å². The van der Waals surface area contributed by atoms with Crippen LogP contribution in [-0.2, 0) is 6.18 Å². The minimum absolute atomic E-state index is 0.0231. The van der Waals surface area contributed by atoms with E-state index in [0.29, 0.717) is 18.4 Å². The van der Waals surface area contributed by atoms with Crippen LogP contribution in [0.15, 0.2) is 18.2 Å². The molecule has 1 aromatic rings. The highest BCUT2D eigenvalue weighted by atomic mass is 19.4. The van der Waals surface area contributed by atoms with Crippen molar-refractivity contribution < 1.29 is 22.7 Å². The number of halogens is 4. The molecular weight excluding hydrogens is 288 g/mol. The van der Waals surface area contributed by atoms with Gasteiger partial charge in [-0.2, -0.15) is 13.2 Å². The molecule has 21 heavy (non-hydrogen) atoms. The SMILES string of the molecule is CC(CCCO)NC(CN)c1ccc(F)c(C(F)(F)F)c1. The summed E-state index contributed by atoms with van der Waals surface area (Å²) in [5.41, 5.74) is 4.60. The van der Waals surface area contributed by atoms with Gasteiger partial charge in [0.2, 0.25) is 0 Å². The minimum atomic E-state index is -4.73. The predicted molar refractivity (Wildman–Crippen MR) is 72.1 cm³/mol. The number of aliphatic hydroxyl groups is 1. The van der Waals surface area contributed by atoms with Crippen molar-refractivity contribution in [3.8, 4) is 0 Å². The second kappa shape index (κ2) is 7.72. The second-order valence-electron chi connectivity index (χ2n) is 4.96. The van der Waals surface area contributed by atoms with Crippen molar-refractivity contribution in [2.24, 2.45) is 5.73 Å². The first-order valence-electron chi connectivity index (χ1n) is 6.73. The van der Waals surface area contributed by atoms with Gasteiger partial charge in [-0.3, -0.25) is 0 Å². The molecule has 4 N–H and O–H groups in total. The molecular formula is C14H20F4N2O. The summed E-state index contributed by atoms with van der Waals surface area (Å²) in [4.78, 5) is 0. The van der Waals surface area contributed by atoms with Gasteiger partial charge in [-0.25, -0.2) is 4.39 Å². The number of aliphatic hydroxyl groups excluding tert-OH is 1. The Morgan fingerprint density at radius 1 is 1.33 bits per heavy atom. The van der Waals surface area contributed by atoms with Gasteiger partial charge in [0, 0.05) is 25.2 Å². The van der Waals surface area contributed by atoms with Crippen LogP contribution in [0.1, 0.15) is 36.9 Å². The minimum Gasteiger partial charge on any atom is -0.396 e. The largest absolute Gasteiger partial charge is 0.419 e. The molecule has 0 radical (unpaired) electrons. The van der Waals surface area contributed by atoms with E-state index < -0.39 is 23.6 Å². The second-order valence-corrected chi connectivity index (χ2v) is 4.96. The first kappa shape index (κ1) is 17.9. The third kappa shape index (κ3) is 5.26. The molecule has 3 nitrogen and oxygen atoms in total. The first-order chi connectivity index (χ1) is 9.79. The van der Waals surface area contributed by atoms with Crippen LogP contribution in [-0.4, -0.2) is 24.3 Å². The Morgan fingerprint density at radius 3 is 2.52 bits per heavy atom. The van der Waals surface area contributed by atoms with Crippen LogP contribution in [0, 0.1) is 5.82 Å². The van der Waals surface area contributed by atoms with Gasteiger partial charge in [0.15, 0.2) is 0 Å². The maximum atomic E-state index is 13.3. The number of rotatable bonds is 7. The van der Waals surface area contributed by atoms with Crippen LogP contribution in [0.2, 0.25) is 0 Å². The zero-order chi connectivity index (χ0) is 16.0. The van der Waals surface area contributed by atoms with E-state index in [1.807, 2.05) is 6.92 Å². The van der Waals surface area contributed by atoms with Crippen molar-refractivity contribution in [1.29, 1.82) is 0 Å². The highest BCUT2D eigenvalue weighted by Crippen LogP contribution is 2.33. The van der Waals surface area contributed by atoms with Crippen LogP contribution >= 0.6 is 0 Å². The maximum Gasteiger partial charge on any atom is 0.419 e. The maximum absolute atomic E-state index is 13.3. The summed E-state index contributed by atoms with van der Waals surface area (Å²) in [5.74, 6) is -1.30. The standard InChI is InChI=1S/C14H20F4N2O/c1-9(3-2-6-21)20-13(8-19)10-4-5-12(15)11(7-10)14(16,17)18/h4-5,7,9,13,20-21H,2-3,6,8,19H2,1H3. The number of nitrogens with one attached hydrogen (secondary N) is 1. The smallest absolute Gasteiger partial charge is 0.396 e. The lowest BCUT2D eigenvalue weighted by Gasteiger charge is -2.23. The molecule has 1 rings (SSSR count). The molecule has 1 aromatic carbocycles. The summed E-state index contributed by atoms with van der Waals surface area (Å²) >= 11 is 0. The van der Waals surface area contributed by atoms with Crippen LogP contribution < -0.4 is 11.1 Å². The Labute approximate surface area is 121 Å². The zero-order valence-electron chi connectivity index (χ0n) is 11.8. The van der Waals surface area contributed by atoms with Crippen LogP contribution in [0.3, 0.4) is 0 Å². The van der Waals surface area contributed by atoms with E-state index in [0.717, 1.165) is 12.1 Å². The van der Waals surface area contributed by atoms with Crippen molar-refractivity contribution in [2.45, 2.75) is 38.0 Å². The summed E-state index contributed by atoms with van der Waals surface area (Å²) in [5, 5.41) is 11.9. The Kier molecular flexibility index (Phi) is 6.57. The van der Waals surface area contributed by atoms with Gasteiger partial charge in [0.25, 0.3) is 0 Å². The fourth-order valence-corrected chi connectivity index (χ4v) is 2.10. The first-order valence-corrected chi connectivity index (χ1v) is 6.73. The summed E-state index contributed by atoms with van der Waals surface area (Å²) < 4.78 is 51.4. The van der Waals surface area contributed by atoms with Gasteiger partial charge >= 0.3 is 6.18 Å². The summed E-state index contributed by atoms with van der Waals surface area (Å²) in [6, 6.07) is 2.37. The molecule has 0 heterocycles. The summed E-state index contributed by atoms with van der Waals surface area (Å²) in [6.07, 6.45) is -3.48. The molecule has 0 aliphatic carbocycles. The molecule has 2 atom stereocenters. The fraction of sp³-hybridized carbons (Fsp3) is 0.571. The lowest BCUT2D eigenvalue weighted by atomic mass is 10.0. The highest BCUT2D eigenvalue weighted by molar-refractivity contribution is 5.29. The molecule has 0 fully saturated rings. The average Bonchev–Trinajstić information content (AvgIpc) is 2.42. The van der Waals surface area contributed by atoms with Gasteiger partial charge in [-0.1, -0.05) is 6.07 Å². The number of nitrogens with two attached hydrogens (primary N) is 1. The lowest BCUT2D eigenvalue weighted by molar-refractivity contribution is -0.140. The molecule has 0 spiro atoms. The molecule has 0 bridgehead atoms. The van der Waals surface area contributed by atoms with E-state index in [1.54, 1.807) is 0 Å². The van der Waals surface area contributed by atoms with Crippen LogP contribution in [0.25, 0.3) is 0 Å². The summed E-state index contributed by atoms with van der Waals surface area (Å²) in [7, 11) is 0. The Bertz CT molecular complexity index is 451. The third-order valence-corrected chi connectivity index (χ3v) is 3.21. The monoisotopic (exact) mass is 308 g/mol. The Balaban J connectivity index is 2.91. The molecule has 0 aliphatic rings. The van der Waals surface area contributed by atoms with Crippen molar-refractivity contribution in [2.75, 3.05) is 13.2 Å². The normalized spacial score (nSPS) is 15.0. The molecule has 2 unspecified atom stereocenters. The lowest BCUT2D eigenvalue weighted by Crippen LogP contribution is -2.35. The molecule has 0 aliphatic heterocycles. The van der Waals surface area contributed by atoms with E-state index in [2.05, 4.69) is 5.32 Å². The van der Waals surface area contributed by atoms with Crippen LogP contribution in [0.4, 0.5) is 17.6 Å². The van der Waals surface area contributed by atoms with E-state index in [1.165, 1.54) is 6.07 Å². The van der Waals surface area contributed by atoms with Crippen molar-refractivity contribution in [3.05, 3.63) is 35.1 Å². The molecule has 0 saturated heterocycles.